The van der Waals surface area contributed by atoms with Crippen LogP contribution in [0.2, 0.25) is 0 Å². The van der Waals surface area contributed by atoms with Crippen molar-refractivity contribution in [2.45, 2.75) is 184 Å². The van der Waals surface area contributed by atoms with E-state index in [4.69, 9.17) is 20.6 Å². The number of aryl methyl sites for hydroxylation is 13. The summed E-state index contributed by atoms with van der Waals surface area (Å²) in [6.45, 7) is 2.53. The maximum atomic E-state index is 12.9. The fraction of sp³-hybridized carbons (Fsp3) is 0.559. The molecule has 10 rings (SSSR count). The van der Waals surface area contributed by atoms with Crippen LogP contribution in [0.15, 0.2) is 60.6 Å². The van der Waals surface area contributed by atoms with Crippen LogP contribution in [0.25, 0.3) is 55.8 Å². The Bertz CT molecular complexity index is 6080. The third-order valence-electron chi connectivity index (χ3n) is 16.5. The molecule has 0 radical (unpaired) electrons. The Morgan fingerprint density at radius 1 is 0.320 bits per heavy atom. The topological polar surface area (TPSA) is 394 Å². The van der Waals surface area contributed by atoms with Gasteiger partial charge in [-0.3, -0.25) is 69.6 Å². The lowest BCUT2D eigenvalue weighted by Gasteiger charge is -2.08. The molecule has 35 nitrogen and oxygen atoms in total. The number of carbonyl (C=O) groups is 5. The minimum atomic E-state index is -3.04. The molecule has 0 spiro atoms. The predicted octanol–water partition coefficient (Wildman–Crippen LogP) is 1.89. The second kappa shape index (κ2) is 35.1. The molecular weight excluding hydrogens is 1340 g/mol. The molecule has 0 saturated carbocycles. The van der Waals surface area contributed by atoms with E-state index >= 15 is 0 Å². The van der Waals surface area contributed by atoms with Crippen molar-refractivity contribution in [3.05, 3.63) is 134 Å². The first-order valence-corrected chi connectivity index (χ1v) is 32.5. The summed E-state index contributed by atoms with van der Waals surface area (Å²) in [5.74, 6) is -1.15. The molecule has 0 fully saturated rings. The predicted molar refractivity (Wildman–Crippen MR) is 388 cm³/mol. The number of hydrogen-bond donors (Lipinski definition) is 0. The molecule has 558 valence electrons. The first-order valence-electron chi connectivity index (χ1n) is 40.0. The second-order valence-corrected chi connectivity index (χ2v) is 24.4. The van der Waals surface area contributed by atoms with Gasteiger partial charge in [-0.15, -0.1) is 0 Å². The standard InChI is InChI=1S/3C14H20N4O3.2C13H18N4O3/c3*1-9(19)7-5-6-8-18-13(20)11-12(17(4)14(18)21)15-10(2)16(11)3;2*1-9(18)6-4-5-7-17-12(19)10-11(14-8-15(10)2)16(3)13(17)20/h3*5-8H2,1-4H3;2*8H,4-7H2,1-3H3/i3D3,4D3,7D2;3D3,7D2;7D2;;. The molecule has 0 aromatic carbocycles. The Balaban J connectivity index is 0.000000230. The Morgan fingerprint density at radius 2 is 0.563 bits per heavy atom. The summed E-state index contributed by atoms with van der Waals surface area (Å²) in [4.78, 5) is 200. The Kier molecular flexibility index (Phi) is 20.7. The van der Waals surface area contributed by atoms with Crippen molar-refractivity contribution in [1.82, 2.24) is 93.4 Å². The van der Waals surface area contributed by atoms with Crippen LogP contribution in [0.5, 0.6) is 0 Å². The van der Waals surface area contributed by atoms with Gasteiger partial charge in [0.1, 0.15) is 46.4 Å². The van der Waals surface area contributed by atoms with Crippen LogP contribution in [0, 0.1) is 20.8 Å². The number of unbranched alkanes of at least 4 members (excludes halogenated alkanes) is 2. The quantitative estimate of drug-likeness (QED) is 0.0737. The highest BCUT2D eigenvalue weighted by Gasteiger charge is 2.22. The normalized spacial score (nSPS) is 14.1. The van der Waals surface area contributed by atoms with Crippen molar-refractivity contribution < 1.29 is 44.5 Å². The molecule has 0 aliphatic rings. The summed E-state index contributed by atoms with van der Waals surface area (Å²) < 4.78 is 131. The van der Waals surface area contributed by atoms with Crippen LogP contribution in [0.3, 0.4) is 0 Å². The van der Waals surface area contributed by atoms with Gasteiger partial charge in [0.15, 0.2) is 55.8 Å². The van der Waals surface area contributed by atoms with Gasteiger partial charge in [-0.05, 0) is 120 Å². The SMILES string of the molecule is CC(=O)CCCCn1c(=O)c2c(ncn2C)n(C)c1=O.CC(=O)CCCCn1c(=O)c2c(ncn2C)n(C)c1=O.[2H]C([2H])(CCCn1c(=O)c2c(nc(C)n2C([2H])([2H])[2H])n(C([2H])([2H])[2H])c1=O)C(C)=O.[2H]C([2H])(CCCn1c(=O)c2c(nc(C)n2C([2H])([2H])[2H])n(C)c1=O)C(C)=O.[2H]C([2H])(CCCn1c(=O)c2c(nc(C)n2C)n(C)c1=O)C(C)=O. The highest BCUT2D eigenvalue weighted by atomic mass is 16.2. The van der Waals surface area contributed by atoms with Crippen LogP contribution in [0.1, 0.15) is 169 Å². The highest BCUT2D eigenvalue weighted by Crippen LogP contribution is 2.13. The third-order valence-corrected chi connectivity index (χ3v) is 16.5. The van der Waals surface area contributed by atoms with Gasteiger partial charge in [-0.1, -0.05) is 0 Å². The molecule has 0 aliphatic heterocycles. The first-order chi connectivity index (χ1) is 54.2. The Labute approximate surface area is 610 Å². The van der Waals surface area contributed by atoms with E-state index in [0.29, 0.717) is 100 Å². The van der Waals surface area contributed by atoms with E-state index in [2.05, 4.69) is 24.9 Å². The van der Waals surface area contributed by atoms with Crippen molar-refractivity contribution in [2.24, 2.45) is 70.3 Å². The largest absolute Gasteiger partial charge is 0.332 e. The number of ketones is 5. The molecule has 0 saturated heterocycles. The molecule has 10 aromatic heterocycles. The molecule has 0 N–H and O–H groups in total. The molecular formula is C68H96N20O15. The smallest absolute Gasteiger partial charge is 0.328 e. The zero-order valence-electron chi connectivity index (χ0n) is 75.2. The number of imidazole rings is 5. The minimum Gasteiger partial charge on any atom is -0.328 e. The highest BCUT2D eigenvalue weighted by molar-refractivity contribution is 5.77. The van der Waals surface area contributed by atoms with Crippen LogP contribution in [0.4, 0.5) is 0 Å². The van der Waals surface area contributed by atoms with E-state index in [-0.39, 0.29) is 113 Å². The number of nitrogens with zero attached hydrogens (tertiary/aromatic N) is 20. The molecule has 0 aliphatic carbocycles. The van der Waals surface area contributed by atoms with E-state index < -0.39 is 109 Å². The zero-order chi connectivity index (χ0) is 89.8. The summed E-state index contributed by atoms with van der Waals surface area (Å²) in [6, 6.07) is 0. The maximum absolute atomic E-state index is 12.9. The van der Waals surface area contributed by atoms with Crippen molar-refractivity contribution in [3.8, 4) is 0 Å². The van der Waals surface area contributed by atoms with E-state index in [1.807, 2.05) is 0 Å². The Morgan fingerprint density at radius 3 is 0.845 bits per heavy atom. The lowest BCUT2D eigenvalue weighted by atomic mass is 10.2. The number of aromatic nitrogens is 20. The number of rotatable bonds is 25. The zero-order valence-corrected chi connectivity index (χ0v) is 60.2. The fourth-order valence-corrected chi connectivity index (χ4v) is 10.8. The lowest BCUT2D eigenvalue weighted by Crippen LogP contribution is -2.39. The monoisotopic (exact) mass is 1450 g/mol. The second-order valence-electron chi connectivity index (χ2n) is 24.4. The van der Waals surface area contributed by atoms with Gasteiger partial charge >= 0.3 is 28.4 Å². The van der Waals surface area contributed by atoms with E-state index in [9.17, 15) is 71.9 Å². The molecule has 35 heteroatoms. The van der Waals surface area contributed by atoms with Crippen molar-refractivity contribution in [3.63, 3.8) is 0 Å². The third kappa shape index (κ3) is 18.4. The molecule has 10 heterocycles. The van der Waals surface area contributed by atoms with Gasteiger partial charge in [-0.25, -0.2) is 48.9 Å². The van der Waals surface area contributed by atoms with Gasteiger partial charge in [-0.2, -0.15) is 0 Å². The fourth-order valence-electron chi connectivity index (χ4n) is 10.8. The van der Waals surface area contributed by atoms with Crippen LogP contribution >= 0.6 is 0 Å². The van der Waals surface area contributed by atoms with Gasteiger partial charge < -0.3 is 46.8 Å². The molecule has 0 unspecified atom stereocenters. The minimum absolute atomic E-state index is 0.0241. The summed E-state index contributed by atoms with van der Waals surface area (Å²) in [7, 11) is 11.3. The number of hydrogen-bond acceptors (Lipinski definition) is 20. The van der Waals surface area contributed by atoms with Gasteiger partial charge in [0.25, 0.3) is 27.8 Å². The molecule has 10 aromatic rings. The Hall–Kier alpha value is -10.9. The van der Waals surface area contributed by atoms with Crippen LogP contribution < -0.4 is 56.2 Å². The van der Waals surface area contributed by atoms with Crippen molar-refractivity contribution in [2.75, 3.05) is 0 Å². The van der Waals surface area contributed by atoms with E-state index in [1.54, 1.807) is 62.9 Å². The number of Topliss-reactive ketones (excluding diaryl/α,β-unsaturated/α-hetero) is 5. The summed E-state index contributed by atoms with van der Waals surface area (Å²) in [5.41, 5.74) is -5.18. The maximum Gasteiger partial charge on any atom is 0.332 e. The lowest BCUT2D eigenvalue weighted by molar-refractivity contribution is -0.118. The van der Waals surface area contributed by atoms with Gasteiger partial charge in [0.05, 0.1) is 12.7 Å². The number of carbonyl (C=O) groups excluding carboxylic acids is 5. The van der Waals surface area contributed by atoms with E-state index in [1.165, 1.54) is 77.2 Å². The van der Waals surface area contributed by atoms with Gasteiger partial charge in [0, 0.05) is 156 Å². The average molecular weight is 1450 g/mol. The average Bonchev–Trinajstić information content (AvgIpc) is 1.57. The summed E-state index contributed by atoms with van der Waals surface area (Å²) in [5, 5.41) is 0. The van der Waals surface area contributed by atoms with E-state index in [0.717, 1.165) is 32.1 Å². The number of fused-ring (bicyclic) bond motifs is 5. The molecule has 0 bridgehead atoms. The van der Waals surface area contributed by atoms with Gasteiger partial charge in [0.2, 0.25) is 0 Å². The summed E-state index contributed by atoms with van der Waals surface area (Å²) in [6.07, 6.45) is 0.0623. The molecule has 0 amide bonds. The van der Waals surface area contributed by atoms with Crippen LogP contribution in [-0.2, 0) is 127 Å². The molecule has 103 heavy (non-hydrogen) atoms. The first kappa shape index (κ1) is 60.8. The van der Waals surface area contributed by atoms with Crippen LogP contribution in [-0.4, -0.2) is 122 Å². The molecule has 0 atom stereocenters. The van der Waals surface area contributed by atoms with Crippen molar-refractivity contribution in [1.29, 1.82) is 0 Å². The summed E-state index contributed by atoms with van der Waals surface area (Å²) >= 11 is 0. The van der Waals surface area contributed by atoms with Crippen molar-refractivity contribution >= 4 is 84.7 Å².